The Hall–Kier alpha value is -3.67. The van der Waals surface area contributed by atoms with E-state index in [2.05, 4.69) is 50.6 Å². The van der Waals surface area contributed by atoms with Crippen molar-refractivity contribution in [2.75, 3.05) is 18.4 Å². The standard InChI is InChI=1S/C24H23N5O/c30-23(29-14-11-17-5-1-2-6-19(17)16-29)22-10-13-26-24(28-22)25-12-9-18-15-27-21-8-4-3-7-20(18)21/h1-8,10,13,15,27H,9,11-12,14,16H2,(H,25,26,28). The van der Waals surface area contributed by atoms with Gasteiger partial charge in [-0.3, -0.25) is 4.79 Å². The van der Waals surface area contributed by atoms with Crippen LogP contribution in [-0.2, 0) is 19.4 Å². The number of anilines is 1. The van der Waals surface area contributed by atoms with Gasteiger partial charge < -0.3 is 15.2 Å². The van der Waals surface area contributed by atoms with E-state index >= 15 is 0 Å². The van der Waals surface area contributed by atoms with E-state index in [-0.39, 0.29) is 5.91 Å². The summed E-state index contributed by atoms with van der Waals surface area (Å²) < 4.78 is 0. The minimum atomic E-state index is -0.0495. The van der Waals surface area contributed by atoms with Crippen LogP contribution in [0.5, 0.6) is 0 Å². The highest BCUT2D eigenvalue weighted by Gasteiger charge is 2.22. The van der Waals surface area contributed by atoms with Gasteiger partial charge in [0, 0.05) is 42.9 Å². The van der Waals surface area contributed by atoms with E-state index in [4.69, 9.17) is 0 Å². The van der Waals surface area contributed by atoms with Crippen molar-refractivity contribution in [3.8, 4) is 0 Å². The number of H-pyrrole nitrogens is 1. The summed E-state index contributed by atoms with van der Waals surface area (Å²) in [6.45, 7) is 2.03. The van der Waals surface area contributed by atoms with Crippen LogP contribution >= 0.6 is 0 Å². The van der Waals surface area contributed by atoms with Gasteiger partial charge in [-0.2, -0.15) is 0 Å². The van der Waals surface area contributed by atoms with Crippen molar-refractivity contribution >= 4 is 22.8 Å². The molecule has 1 aliphatic rings. The molecule has 0 bridgehead atoms. The van der Waals surface area contributed by atoms with Crippen molar-refractivity contribution in [1.29, 1.82) is 0 Å². The summed E-state index contributed by atoms with van der Waals surface area (Å²) in [6, 6.07) is 18.2. The van der Waals surface area contributed by atoms with Crippen LogP contribution in [0.15, 0.2) is 67.0 Å². The number of aromatic amines is 1. The molecule has 6 nitrogen and oxygen atoms in total. The monoisotopic (exact) mass is 397 g/mol. The highest BCUT2D eigenvalue weighted by atomic mass is 16.2. The van der Waals surface area contributed by atoms with Gasteiger partial charge in [0.05, 0.1) is 0 Å². The van der Waals surface area contributed by atoms with Crippen molar-refractivity contribution in [2.24, 2.45) is 0 Å². The van der Waals surface area contributed by atoms with Gasteiger partial charge in [0.2, 0.25) is 5.95 Å². The summed E-state index contributed by atoms with van der Waals surface area (Å²) in [5, 5.41) is 4.49. The van der Waals surface area contributed by atoms with Crippen LogP contribution in [0.25, 0.3) is 10.9 Å². The fourth-order valence-corrected chi connectivity index (χ4v) is 4.04. The summed E-state index contributed by atoms with van der Waals surface area (Å²) in [6.07, 6.45) is 5.41. The van der Waals surface area contributed by atoms with E-state index in [0.29, 0.717) is 31.3 Å². The molecule has 0 aliphatic carbocycles. The second-order valence-electron chi connectivity index (χ2n) is 7.55. The van der Waals surface area contributed by atoms with Crippen molar-refractivity contribution in [1.82, 2.24) is 19.9 Å². The minimum Gasteiger partial charge on any atom is -0.361 e. The van der Waals surface area contributed by atoms with Crippen molar-refractivity contribution in [3.05, 3.63) is 89.4 Å². The van der Waals surface area contributed by atoms with Gasteiger partial charge in [0.25, 0.3) is 5.91 Å². The number of rotatable bonds is 5. The van der Waals surface area contributed by atoms with Crippen LogP contribution in [0.4, 0.5) is 5.95 Å². The van der Waals surface area contributed by atoms with Crippen LogP contribution in [0.3, 0.4) is 0 Å². The molecule has 1 amide bonds. The smallest absolute Gasteiger partial charge is 0.272 e. The number of nitrogens with one attached hydrogen (secondary N) is 2. The highest BCUT2D eigenvalue weighted by Crippen LogP contribution is 2.20. The molecule has 30 heavy (non-hydrogen) atoms. The zero-order valence-corrected chi connectivity index (χ0v) is 16.6. The lowest BCUT2D eigenvalue weighted by molar-refractivity contribution is 0.0728. The molecule has 5 rings (SSSR count). The van der Waals surface area contributed by atoms with Crippen LogP contribution in [0.2, 0.25) is 0 Å². The first-order chi connectivity index (χ1) is 14.8. The molecule has 0 atom stereocenters. The number of benzene rings is 2. The zero-order valence-electron chi connectivity index (χ0n) is 16.6. The SMILES string of the molecule is O=C(c1ccnc(NCCc2c[nH]c3ccccc23)n1)N1CCc2ccccc2C1. The fraction of sp³-hybridized carbons (Fsp3) is 0.208. The number of aromatic nitrogens is 3. The summed E-state index contributed by atoms with van der Waals surface area (Å²) in [7, 11) is 0. The topological polar surface area (TPSA) is 73.9 Å². The number of amides is 1. The van der Waals surface area contributed by atoms with Crippen LogP contribution in [0, 0.1) is 0 Å². The molecule has 0 fully saturated rings. The van der Waals surface area contributed by atoms with Gasteiger partial charge in [-0.15, -0.1) is 0 Å². The molecular formula is C24H23N5O. The Morgan fingerprint density at radius 2 is 1.90 bits per heavy atom. The first-order valence-corrected chi connectivity index (χ1v) is 10.3. The van der Waals surface area contributed by atoms with E-state index in [1.807, 2.05) is 29.3 Å². The minimum absolute atomic E-state index is 0.0495. The van der Waals surface area contributed by atoms with E-state index in [0.717, 1.165) is 18.4 Å². The molecule has 0 unspecified atom stereocenters. The van der Waals surface area contributed by atoms with E-state index in [1.54, 1.807) is 12.3 Å². The summed E-state index contributed by atoms with van der Waals surface area (Å²) in [4.78, 5) is 26.9. The predicted octanol–water partition coefficient (Wildman–Crippen LogP) is 3.81. The third-order valence-electron chi connectivity index (χ3n) is 5.64. The summed E-state index contributed by atoms with van der Waals surface area (Å²) >= 11 is 0. The molecule has 0 spiro atoms. The molecule has 0 saturated carbocycles. The predicted molar refractivity (Wildman–Crippen MR) is 117 cm³/mol. The zero-order chi connectivity index (χ0) is 20.3. The van der Waals surface area contributed by atoms with E-state index < -0.39 is 0 Å². The average Bonchev–Trinajstić information content (AvgIpc) is 3.22. The number of carbonyl (C=O) groups is 1. The van der Waals surface area contributed by atoms with Gasteiger partial charge in [-0.1, -0.05) is 42.5 Å². The van der Waals surface area contributed by atoms with Crippen LogP contribution in [-0.4, -0.2) is 38.8 Å². The number of fused-ring (bicyclic) bond motifs is 2. The first kappa shape index (κ1) is 18.4. The Bertz CT molecular complexity index is 1200. The quantitative estimate of drug-likeness (QED) is 0.537. The third-order valence-corrected chi connectivity index (χ3v) is 5.64. The van der Waals surface area contributed by atoms with Gasteiger partial charge >= 0.3 is 0 Å². The Morgan fingerprint density at radius 3 is 2.83 bits per heavy atom. The van der Waals surface area contributed by atoms with Crippen LogP contribution < -0.4 is 5.32 Å². The second kappa shape index (κ2) is 7.99. The fourth-order valence-electron chi connectivity index (χ4n) is 4.04. The van der Waals surface area contributed by atoms with E-state index in [9.17, 15) is 4.79 Å². The number of hydrogen-bond donors (Lipinski definition) is 2. The van der Waals surface area contributed by atoms with Gasteiger partial charge in [0.15, 0.2) is 0 Å². The Kier molecular flexibility index (Phi) is 4.89. The maximum absolute atomic E-state index is 13.0. The Balaban J connectivity index is 1.24. The van der Waals surface area contributed by atoms with E-state index in [1.165, 1.54) is 22.1 Å². The molecule has 1 aliphatic heterocycles. The average molecular weight is 397 g/mol. The molecule has 4 aromatic rings. The highest BCUT2D eigenvalue weighted by molar-refractivity contribution is 5.92. The molecule has 2 aromatic heterocycles. The molecule has 2 aromatic carbocycles. The molecule has 6 heteroatoms. The Labute approximate surface area is 175 Å². The number of hydrogen-bond acceptors (Lipinski definition) is 4. The lowest BCUT2D eigenvalue weighted by atomic mass is 10.00. The lowest BCUT2D eigenvalue weighted by Gasteiger charge is -2.28. The molecule has 3 heterocycles. The summed E-state index contributed by atoms with van der Waals surface area (Å²) in [5.41, 5.74) is 5.35. The Morgan fingerprint density at radius 1 is 1.07 bits per heavy atom. The van der Waals surface area contributed by atoms with Gasteiger partial charge in [0.1, 0.15) is 5.69 Å². The number of nitrogens with zero attached hydrogens (tertiary/aromatic N) is 3. The lowest BCUT2D eigenvalue weighted by Crippen LogP contribution is -2.36. The maximum Gasteiger partial charge on any atom is 0.272 e. The van der Waals surface area contributed by atoms with Crippen molar-refractivity contribution in [3.63, 3.8) is 0 Å². The third kappa shape index (κ3) is 3.64. The number of para-hydroxylation sites is 1. The molecule has 0 radical (unpaired) electrons. The normalized spacial score (nSPS) is 13.3. The molecular weight excluding hydrogens is 374 g/mol. The van der Waals surface area contributed by atoms with Crippen molar-refractivity contribution < 1.29 is 4.79 Å². The van der Waals surface area contributed by atoms with Crippen molar-refractivity contribution in [2.45, 2.75) is 19.4 Å². The van der Waals surface area contributed by atoms with Gasteiger partial charge in [-0.25, -0.2) is 9.97 Å². The largest absolute Gasteiger partial charge is 0.361 e. The first-order valence-electron chi connectivity index (χ1n) is 10.3. The van der Waals surface area contributed by atoms with Gasteiger partial charge in [-0.05, 0) is 41.7 Å². The second-order valence-corrected chi connectivity index (χ2v) is 7.55. The molecule has 150 valence electrons. The maximum atomic E-state index is 13.0. The number of carbonyl (C=O) groups excluding carboxylic acids is 1. The van der Waals surface area contributed by atoms with Crippen LogP contribution in [0.1, 0.15) is 27.2 Å². The molecule has 2 N–H and O–H groups in total. The molecule has 0 saturated heterocycles. The summed E-state index contributed by atoms with van der Waals surface area (Å²) in [5.74, 6) is 0.435.